The first-order valence-corrected chi connectivity index (χ1v) is 8.99. The minimum atomic E-state index is -0.674. The van der Waals surface area contributed by atoms with Gasteiger partial charge in [-0.3, -0.25) is 14.4 Å². The lowest BCUT2D eigenvalue weighted by atomic mass is 10.2. The van der Waals surface area contributed by atoms with Crippen molar-refractivity contribution in [1.82, 2.24) is 0 Å². The lowest BCUT2D eigenvalue weighted by molar-refractivity contribution is -0.147. The monoisotopic (exact) mass is 414 g/mol. The van der Waals surface area contributed by atoms with Gasteiger partial charge in [0, 0.05) is 23.9 Å². The van der Waals surface area contributed by atoms with Gasteiger partial charge in [0.05, 0.1) is 26.2 Å². The van der Waals surface area contributed by atoms with Gasteiger partial charge in [-0.1, -0.05) is 6.07 Å². The van der Waals surface area contributed by atoms with Gasteiger partial charge >= 0.3 is 11.9 Å². The van der Waals surface area contributed by atoms with E-state index in [1.165, 1.54) is 26.4 Å². The third-order valence-corrected chi connectivity index (χ3v) is 3.86. The molecule has 0 saturated heterocycles. The molecule has 2 aromatic rings. The first kappa shape index (κ1) is 22.4. The Kier molecular flexibility index (Phi) is 8.37. The van der Waals surface area contributed by atoms with Crippen LogP contribution in [0.1, 0.15) is 23.2 Å². The summed E-state index contributed by atoms with van der Waals surface area (Å²) in [5, 5.41) is 5.18. The predicted octanol–water partition coefficient (Wildman–Crippen LogP) is 2.38. The standard InChI is InChI=1S/C21H22N2O7/c1-28-17-5-3-4-16(12-17)23-19(25)13-30-20(26)11-10-18(24)22-15-8-6-14(7-9-15)21(27)29-2/h3-9,12H,10-11,13H2,1-2H3,(H,22,24)(H,23,25). The van der Waals surface area contributed by atoms with E-state index >= 15 is 0 Å². The molecule has 0 saturated carbocycles. The third kappa shape index (κ3) is 7.27. The molecule has 0 aliphatic rings. The van der Waals surface area contributed by atoms with Gasteiger partial charge in [0.2, 0.25) is 5.91 Å². The van der Waals surface area contributed by atoms with Crippen LogP contribution in [0.4, 0.5) is 11.4 Å². The molecule has 0 fully saturated rings. The molecule has 0 bridgehead atoms. The number of esters is 2. The molecule has 0 aromatic heterocycles. The van der Waals surface area contributed by atoms with Crippen LogP contribution in [-0.2, 0) is 23.9 Å². The van der Waals surface area contributed by atoms with Gasteiger partial charge < -0.3 is 24.8 Å². The molecule has 2 aromatic carbocycles. The molecule has 0 aliphatic carbocycles. The van der Waals surface area contributed by atoms with Gasteiger partial charge in [0.25, 0.3) is 5.91 Å². The molecule has 158 valence electrons. The van der Waals surface area contributed by atoms with Crippen LogP contribution in [0.5, 0.6) is 5.75 Å². The summed E-state index contributed by atoms with van der Waals surface area (Å²) in [4.78, 5) is 46.9. The second kappa shape index (κ2) is 11.2. The van der Waals surface area contributed by atoms with E-state index in [0.29, 0.717) is 22.7 Å². The molecule has 9 heteroatoms. The molecule has 0 aliphatic heterocycles. The molecule has 0 unspecified atom stereocenters. The SMILES string of the molecule is COC(=O)c1ccc(NC(=O)CCC(=O)OCC(=O)Nc2cccc(OC)c2)cc1. The number of anilines is 2. The van der Waals surface area contributed by atoms with Crippen molar-refractivity contribution in [2.75, 3.05) is 31.5 Å². The largest absolute Gasteiger partial charge is 0.497 e. The van der Waals surface area contributed by atoms with E-state index in [0.717, 1.165) is 0 Å². The molecule has 9 nitrogen and oxygen atoms in total. The van der Waals surface area contributed by atoms with Crippen LogP contribution in [0.3, 0.4) is 0 Å². The van der Waals surface area contributed by atoms with E-state index in [1.807, 2.05) is 0 Å². The maximum atomic E-state index is 11.9. The summed E-state index contributed by atoms with van der Waals surface area (Å²) in [6, 6.07) is 12.9. The second-order valence-electron chi connectivity index (χ2n) is 6.06. The Hall–Kier alpha value is -3.88. The Labute approximate surface area is 173 Å². The highest BCUT2D eigenvalue weighted by Gasteiger charge is 2.12. The summed E-state index contributed by atoms with van der Waals surface area (Å²) in [5.74, 6) is -1.49. The van der Waals surface area contributed by atoms with Gasteiger partial charge in [0.15, 0.2) is 6.61 Å². The van der Waals surface area contributed by atoms with Crippen molar-refractivity contribution >= 4 is 35.1 Å². The van der Waals surface area contributed by atoms with Crippen LogP contribution in [0.15, 0.2) is 48.5 Å². The summed E-state index contributed by atoms with van der Waals surface area (Å²) >= 11 is 0. The molecule has 0 spiro atoms. The fourth-order valence-corrected chi connectivity index (χ4v) is 2.36. The van der Waals surface area contributed by atoms with Crippen LogP contribution in [-0.4, -0.2) is 44.6 Å². The van der Waals surface area contributed by atoms with Gasteiger partial charge in [-0.2, -0.15) is 0 Å². The van der Waals surface area contributed by atoms with Crippen molar-refractivity contribution in [3.63, 3.8) is 0 Å². The molecule has 2 N–H and O–H groups in total. The number of nitrogens with one attached hydrogen (secondary N) is 2. The average Bonchev–Trinajstić information content (AvgIpc) is 2.76. The molecule has 2 amide bonds. The number of rotatable bonds is 9. The Balaban J connectivity index is 1.70. The Morgan fingerprint density at radius 1 is 0.833 bits per heavy atom. The maximum absolute atomic E-state index is 11.9. The molecule has 2 rings (SSSR count). The number of hydrogen-bond acceptors (Lipinski definition) is 7. The predicted molar refractivity (Wildman–Crippen MR) is 108 cm³/mol. The Morgan fingerprint density at radius 2 is 1.53 bits per heavy atom. The van der Waals surface area contributed by atoms with Crippen molar-refractivity contribution in [1.29, 1.82) is 0 Å². The number of amides is 2. The van der Waals surface area contributed by atoms with Crippen molar-refractivity contribution in [3.8, 4) is 5.75 Å². The first-order valence-electron chi connectivity index (χ1n) is 8.99. The van der Waals surface area contributed by atoms with Crippen LogP contribution in [0.25, 0.3) is 0 Å². The molecular weight excluding hydrogens is 392 g/mol. The summed E-state index contributed by atoms with van der Waals surface area (Å²) in [6.07, 6.45) is -0.298. The van der Waals surface area contributed by atoms with Crippen LogP contribution < -0.4 is 15.4 Å². The molecule has 0 radical (unpaired) electrons. The molecule has 30 heavy (non-hydrogen) atoms. The minimum Gasteiger partial charge on any atom is -0.497 e. The number of methoxy groups -OCH3 is 2. The molecule has 0 heterocycles. The lowest BCUT2D eigenvalue weighted by Gasteiger charge is -2.08. The zero-order chi connectivity index (χ0) is 21.9. The highest BCUT2D eigenvalue weighted by Crippen LogP contribution is 2.16. The van der Waals surface area contributed by atoms with Crippen LogP contribution in [0.2, 0.25) is 0 Å². The maximum Gasteiger partial charge on any atom is 0.337 e. The Morgan fingerprint density at radius 3 is 2.20 bits per heavy atom. The van der Waals surface area contributed by atoms with Gasteiger partial charge in [-0.15, -0.1) is 0 Å². The lowest BCUT2D eigenvalue weighted by Crippen LogP contribution is -2.21. The Bertz CT molecular complexity index is 910. The topological polar surface area (TPSA) is 120 Å². The van der Waals surface area contributed by atoms with E-state index in [4.69, 9.17) is 9.47 Å². The number of hydrogen-bond donors (Lipinski definition) is 2. The zero-order valence-corrected chi connectivity index (χ0v) is 16.6. The quantitative estimate of drug-likeness (QED) is 0.605. The van der Waals surface area contributed by atoms with Crippen molar-refractivity contribution in [2.45, 2.75) is 12.8 Å². The number of ether oxygens (including phenoxy) is 3. The van der Waals surface area contributed by atoms with Gasteiger partial charge in [-0.05, 0) is 36.4 Å². The second-order valence-corrected chi connectivity index (χ2v) is 6.06. The first-order chi connectivity index (χ1) is 14.4. The van der Waals surface area contributed by atoms with Crippen molar-refractivity contribution in [2.24, 2.45) is 0 Å². The smallest absolute Gasteiger partial charge is 0.337 e. The normalized spacial score (nSPS) is 9.93. The summed E-state index contributed by atoms with van der Waals surface area (Å²) in [6.45, 7) is -0.466. The van der Waals surface area contributed by atoms with E-state index < -0.39 is 30.4 Å². The van der Waals surface area contributed by atoms with Gasteiger partial charge in [0.1, 0.15) is 5.75 Å². The van der Waals surface area contributed by atoms with Crippen molar-refractivity contribution < 1.29 is 33.4 Å². The fourth-order valence-electron chi connectivity index (χ4n) is 2.36. The van der Waals surface area contributed by atoms with E-state index in [9.17, 15) is 19.2 Å². The number of carbonyl (C=O) groups excluding carboxylic acids is 4. The van der Waals surface area contributed by atoms with Gasteiger partial charge in [-0.25, -0.2) is 4.79 Å². The van der Waals surface area contributed by atoms with E-state index in [1.54, 1.807) is 36.4 Å². The highest BCUT2D eigenvalue weighted by molar-refractivity contribution is 5.95. The zero-order valence-electron chi connectivity index (χ0n) is 16.6. The third-order valence-electron chi connectivity index (χ3n) is 3.86. The number of benzene rings is 2. The summed E-state index contributed by atoms with van der Waals surface area (Å²) in [5.41, 5.74) is 1.33. The minimum absolute atomic E-state index is 0.116. The fraction of sp³-hybridized carbons (Fsp3) is 0.238. The summed E-state index contributed by atoms with van der Waals surface area (Å²) in [7, 11) is 2.79. The van der Waals surface area contributed by atoms with E-state index in [2.05, 4.69) is 15.4 Å². The molecule has 0 atom stereocenters. The summed E-state index contributed by atoms with van der Waals surface area (Å²) < 4.78 is 14.5. The molecular formula is C21H22N2O7. The van der Waals surface area contributed by atoms with E-state index in [-0.39, 0.29) is 12.8 Å². The van der Waals surface area contributed by atoms with Crippen LogP contribution in [0, 0.1) is 0 Å². The number of carbonyl (C=O) groups is 4. The van der Waals surface area contributed by atoms with Crippen molar-refractivity contribution in [3.05, 3.63) is 54.1 Å². The highest BCUT2D eigenvalue weighted by atomic mass is 16.5. The average molecular weight is 414 g/mol. The van der Waals surface area contributed by atoms with Crippen LogP contribution >= 0.6 is 0 Å².